The summed E-state index contributed by atoms with van der Waals surface area (Å²) >= 11 is 9.87. The van der Waals surface area contributed by atoms with E-state index < -0.39 is 22.0 Å². The highest BCUT2D eigenvalue weighted by atomic mass is 79.9. The van der Waals surface area contributed by atoms with Crippen LogP contribution < -0.4 is 4.72 Å². The minimum Gasteiger partial charge on any atom is -0.465 e. The van der Waals surface area contributed by atoms with Gasteiger partial charge in [0.1, 0.15) is 10.3 Å². The van der Waals surface area contributed by atoms with Crippen LogP contribution in [0.2, 0.25) is 5.02 Å². The molecule has 1 rings (SSSR count). The highest BCUT2D eigenvalue weighted by Gasteiger charge is 2.25. The molecule has 0 saturated carbocycles. The van der Waals surface area contributed by atoms with Gasteiger partial charge in [0.25, 0.3) is 10.0 Å². The topological polar surface area (TPSA) is 72.5 Å². The molecule has 0 aliphatic rings. The van der Waals surface area contributed by atoms with E-state index >= 15 is 0 Å². The maximum Gasteiger partial charge on any atom is 0.323 e. The van der Waals surface area contributed by atoms with Crippen molar-refractivity contribution in [3.8, 4) is 0 Å². The first-order chi connectivity index (χ1) is 8.27. The first-order valence-corrected chi connectivity index (χ1v) is 8.38. The number of nitrogens with one attached hydrogen (secondary N) is 1. The molecule has 1 unspecified atom stereocenters. The number of hydrogen-bond acceptors (Lipinski definition) is 5. The van der Waals surface area contributed by atoms with E-state index in [0.717, 1.165) is 11.3 Å². The zero-order chi connectivity index (χ0) is 13.9. The molecule has 1 atom stereocenters. The largest absolute Gasteiger partial charge is 0.465 e. The van der Waals surface area contributed by atoms with Gasteiger partial charge in [0.15, 0.2) is 0 Å². The van der Waals surface area contributed by atoms with E-state index in [2.05, 4.69) is 20.7 Å². The van der Waals surface area contributed by atoms with Gasteiger partial charge >= 0.3 is 5.97 Å². The average molecular weight is 377 g/mol. The third kappa shape index (κ3) is 3.92. The molecule has 0 aliphatic carbocycles. The van der Waals surface area contributed by atoms with Crippen LogP contribution in [0, 0.1) is 0 Å². The van der Waals surface area contributed by atoms with Crippen molar-refractivity contribution in [2.24, 2.45) is 0 Å². The van der Waals surface area contributed by atoms with Crippen molar-refractivity contribution in [3.63, 3.8) is 0 Å². The van der Waals surface area contributed by atoms with Crippen molar-refractivity contribution < 1.29 is 17.9 Å². The zero-order valence-electron chi connectivity index (χ0n) is 9.57. The molecular weight excluding hydrogens is 366 g/mol. The van der Waals surface area contributed by atoms with Crippen LogP contribution in [0.3, 0.4) is 0 Å². The molecule has 0 aliphatic heterocycles. The van der Waals surface area contributed by atoms with E-state index in [1.165, 1.54) is 13.0 Å². The highest BCUT2D eigenvalue weighted by molar-refractivity contribution is 9.11. The predicted octanol–water partition coefficient (Wildman–Crippen LogP) is 2.39. The highest BCUT2D eigenvalue weighted by Crippen LogP contribution is 2.34. The lowest BCUT2D eigenvalue weighted by atomic mass is 10.4. The summed E-state index contributed by atoms with van der Waals surface area (Å²) in [5, 5.41) is 0.309. The molecule has 1 aromatic rings. The average Bonchev–Trinajstić information content (AvgIpc) is 2.60. The summed E-state index contributed by atoms with van der Waals surface area (Å²) in [5.41, 5.74) is 0. The number of thiophene rings is 1. The molecule has 0 fully saturated rings. The Morgan fingerprint density at radius 1 is 1.67 bits per heavy atom. The quantitative estimate of drug-likeness (QED) is 0.801. The number of halogens is 2. The van der Waals surface area contributed by atoms with E-state index in [1.54, 1.807) is 6.92 Å². The maximum atomic E-state index is 11.9. The van der Waals surface area contributed by atoms with Gasteiger partial charge in [0, 0.05) is 0 Å². The monoisotopic (exact) mass is 375 g/mol. The van der Waals surface area contributed by atoms with Crippen LogP contribution in [0.5, 0.6) is 0 Å². The number of carbonyl (C=O) groups is 1. The van der Waals surface area contributed by atoms with E-state index in [1.807, 2.05) is 0 Å². The maximum absolute atomic E-state index is 11.9. The van der Waals surface area contributed by atoms with Gasteiger partial charge in [-0.25, -0.2) is 8.42 Å². The summed E-state index contributed by atoms with van der Waals surface area (Å²) in [4.78, 5) is 11.3. The van der Waals surface area contributed by atoms with Crippen LogP contribution >= 0.6 is 38.9 Å². The van der Waals surface area contributed by atoms with Crippen LogP contribution in [-0.2, 0) is 19.6 Å². The van der Waals surface area contributed by atoms with Gasteiger partial charge in [-0.05, 0) is 35.8 Å². The molecule has 18 heavy (non-hydrogen) atoms. The zero-order valence-corrected chi connectivity index (χ0v) is 13.5. The molecule has 0 bridgehead atoms. The minimum absolute atomic E-state index is 0.0375. The first kappa shape index (κ1) is 15.9. The van der Waals surface area contributed by atoms with Crippen molar-refractivity contribution >= 4 is 54.9 Å². The van der Waals surface area contributed by atoms with Gasteiger partial charge in [-0.15, -0.1) is 11.3 Å². The SMILES string of the molecule is CCOC(=O)C(C)NS(=O)(=O)c1cc(Cl)c(Br)s1. The molecule has 0 aromatic carbocycles. The lowest BCUT2D eigenvalue weighted by molar-refractivity contribution is -0.144. The molecule has 9 heteroatoms. The lowest BCUT2D eigenvalue weighted by Gasteiger charge is -2.11. The number of ether oxygens (including phenoxy) is 1. The molecule has 0 spiro atoms. The van der Waals surface area contributed by atoms with Crippen molar-refractivity contribution in [2.45, 2.75) is 24.1 Å². The fraction of sp³-hybridized carbons (Fsp3) is 0.444. The van der Waals surface area contributed by atoms with Crippen molar-refractivity contribution in [3.05, 3.63) is 14.9 Å². The first-order valence-electron chi connectivity index (χ1n) is 4.91. The Labute approximate surface area is 123 Å². The summed E-state index contributed by atoms with van der Waals surface area (Å²) in [6, 6.07) is 0.367. The fourth-order valence-electron chi connectivity index (χ4n) is 1.07. The van der Waals surface area contributed by atoms with Gasteiger partial charge in [-0.3, -0.25) is 4.79 Å². The Balaban J connectivity index is 2.85. The van der Waals surface area contributed by atoms with Crippen LogP contribution in [0.15, 0.2) is 14.1 Å². The van der Waals surface area contributed by atoms with E-state index in [9.17, 15) is 13.2 Å². The molecule has 0 saturated heterocycles. The van der Waals surface area contributed by atoms with Crippen LogP contribution in [0.25, 0.3) is 0 Å². The number of hydrogen-bond donors (Lipinski definition) is 1. The third-order valence-electron chi connectivity index (χ3n) is 1.86. The second-order valence-electron chi connectivity index (χ2n) is 3.28. The second-order valence-corrected chi connectivity index (χ2v) is 8.00. The van der Waals surface area contributed by atoms with E-state index in [0.29, 0.717) is 8.81 Å². The summed E-state index contributed by atoms with van der Waals surface area (Å²) in [5.74, 6) is -0.622. The van der Waals surface area contributed by atoms with E-state index in [-0.39, 0.29) is 10.8 Å². The molecule has 0 radical (unpaired) electrons. The number of esters is 1. The number of sulfonamides is 1. The van der Waals surface area contributed by atoms with Crippen molar-refractivity contribution in [2.75, 3.05) is 6.61 Å². The van der Waals surface area contributed by atoms with Crippen LogP contribution in [0.1, 0.15) is 13.8 Å². The van der Waals surface area contributed by atoms with Gasteiger partial charge in [-0.1, -0.05) is 11.6 Å². The van der Waals surface area contributed by atoms with Gasteiger partial charge in [-0.2, -0.15) is 4.72 Å². The summed E-state index contributed by atoms with van der Waals surface area (Å²) in [6.45, 7) is 3.26. The molecule has 1 heterocycles. The second kappa shape index (κ2) is 6.33. The number of carbonyl (C=O) groups excluding carboxylic acids is 1. The smallest absolute Gasteiger partial charge is 0.323 e. The van der Waals surface area contributed by atoms with E-state index in [4.69, 9.17) is 16.3 Å². The summed E-state index contributed by atoms with van der Waals surface area (Å²) in [7, 11) is -3.77. The molecule has 5 nitrogen and oxygen atoms in total. The Morgan fingerprint density at radius 3 is 2.72 bits per heavy atom. The number of rotatable bonds is 5. The Kier molecular flexibility index (Phi) is 5.60. The van der Waals surface area contributed by atoms with Crippen LogP contribution in [0.4, 0.5) is 0 Å². The fourth-order valence-corrected chi connectivity index (χ4v) is 4.67. The molecule has 102 valence electrons. The minimum atomic E-state index is -3.77. The van der Waals surface area contributed by atoms with Gasteiger partial charge in [0.2, 0.25) is 0 Å². The summed E-state index contributed by atoms with van der Waals surface area (Å²) in [6.07, 6.45) is 0. The van der Waals surface area contributed by atoms with Gasteiger partial charge in [0.05, 0.1) is 15.4 Å². The van der Waals surface area contributed by atoms with Crippen LogP contribution in [-0.4, -0.2) is 27.0 Å². The molecule has 0 amide bonds. The summed E-state index contributed by atoms with van der Waals surface area (Å²) < 4.78 is 31.4. The Morgan fingerprint density at radius 2 is 2.28 bits per heavy atom. The Bertz CT molecular complexity index is 523. The standard InChI is InChI=1S/C9H11BrClNO4S2/c1-3-16-9(13)5(2)12-18(14,15)7-4-6(11)8(10)17-7/h4-5,12H,3H2,1-2H3. The normalized spacial score (nSPS) is 13.3. The van der Waals surface area contributed by atoms with Gasteiger partial charge < -0.3 is 4.74 Å². The Hall–Kier alpha value is -0.150. The molecule has 1 aromatic heterocycles. The lowest BCUT2D eigenvalue weighted by Crippen LogP contribution is -2.39. The molecular formula is C9H11BrClNO4S2. The van der Waals surface area contributed by atoms with Crippen molar-refractivity contribution in [1.29, 1.82) is 0 Å². The third-order valence-corrected chi connectivity index (χ3v) is 6.35. The predicted molar refractivity (Wildman–Crippen MR) is 73.4 cm³/mol. The van der Waals surface area contributed by atoms with Crippen molar-refractivity contribution in [1.82, 2.24) is 4.72 Å². The molecule has 1 N–H and O–H groups in total.